The van der Waals surface area contributed by atoms with Gasteiger partial charge in [0.15, 0.2) is 11.0 Å². The quantitative estimate of drug-likeness (QED) is 0.293. The summed E-state index contributed by atoms with van der Waals surface area (Å²) in [6.45, 7) is 5.04. The zero-order valence-electron chi connectivity index (χ0n) is 20.3. The predicted molar refractivity (Wildman–Crippen MR) is 144 cm³/mol. The van der Waals surface area contributed by atoms with Crippen LogP contribution in [0, 0.1) is 18.3 Å². The molecule has 0 radical (unpaired) electrons. The maximum atomic E-state index is 12.7. The molecule has 0 atom stereocenters. The average Bonchev–Trinajstić information content (AvgIpc) is 3.46. The van der Waals surface area contributed by atoms with E-state index in [1.165, 1.54) is 27.4 Å². The molecule has 0 bridgehead atoms. The van der Waals surface area contributed by atoms with Crippen molar-refractivity contribution in [1.82, 2.24) is 14.8 Å². The van der Waals surface area contributed by atoms with Gasteiger partial charge in [0.25, 0.3) is 0 Å². The van der Waals surface area contributed by atoms with E-state index in [4.69, 9.17) is 4.74 Å². The number of thioether (sulfide) groups is 1. The number of nitrogens with zero attached hydrogens (tertiary/aromatic N) is 4. The summed E-state index contributed by atoms with van der Waals surface area (Å²) >= 11 is 2.88. The van der Waals surface area contributed by atoms with E-state index in [9.17, 15) is 10.1 Å². The Balaban J connectivity index is 1.23. The third kappa shape index (κ3) is 4.84. The van der Waals surface area contributed by atoms with Gasteiger partial charge in [-0.2, -0.15) is 5.26 Å². The van der Waals surface area contributed by atoms with E-state index in [1.807, 2.05) is 29.7 Å². The second kappa shape index (κ2) is 10.7. The van der Waals surface area contributed by atoms with Gasteiger partial charge in [-0.15, -0.1) is 21.5 Å². The van der Waals surface area contributed by atoms with Crippen molar-refractivity contribution < 1.29 is 9.53 Å². The van der Waals surface area contributed by atoms with E-state index in [1.54, 1.807) is 11.3 Å². The van der Waals surface area contributed by atoms with Gasteiger partial charge >= 0.3 is 0 Å². The fourth-order valence-electron chi connectivity index (χ4n) is 4.62. The van der Waals surface area contributed by atoms with Crippen molar-refractivity contribution >= 4 is 44.8 Å². The van der Waals surface area contributed by atoms with Crippen LogP contribution in [0.3, 0.4) is 0 Å². The minimum Gasteiger partial charge on any atom is -0.485 e. The van der Waals surface area contributed by atoms with E-state index in [2.05, 4.69) is 46.7 Å². The maximum Gasteiger partial charge on any atom is 0.235 e. The van der Waals surface area contributed by atoms with E-state index in [0.29, 0.717) is 34.7 Å². The van der Waals surface area contributed by atoms with E-state index in [-0.39, 0.29) is 11.7 Å². The minimum atomic E-state index is -0.148. The molecule has 1 aliphatic rings. The lowest BCUT2D eigenvalue weighted by Gasteiger charge is -2.12. The van der Waals surface area contributed by atoms with Gasteiger partial charge in [-0.3, -0.25) is 4.79 Å². The first-order chi connectivity index (χ1) is 17.6. The maximum absolute atomic E-state index is 12.7. The standard InChI is InChI=1S/C27H27N5O2S2/c1-3-32-24(15-34-22-13-12-18-8-4-5-9-19(18)17(22)2)30-31-27(32)35-16-25(33)29-26-21(14-28)20-10-6-7-11-23(20)36-26/h4-5,8-9,12-13H,3,6-7,10-11,15-16H2,1-2H3,(H,29,33). The van der Waals surface area contributed by atoms with Crippen molar-refractivity contribution in [3.8, 4) is 11.8 Å². The summed E-state index contributed by atoms with van der Waals surface area (Å²) in [7, 11) is 0. The SMILES string of the molecule is CCn1c(COc2ccc3ccccc3c2C)nnc1SCC(=O)Nc1sc2c(c1C#N)CCCC2. The van der Waals surface area contributed by atoms with Crippen molar-refractivity contribution in [3.63, 3.8) is 0 Å². The minimum absolute atomic E-state index is 0.148. The second-order valence-electron chi connectivity index (χ2n) is 8.71. The van der Waals surface area contributed by atoms with E-state index in [0.717, 1.165) is 42.6 Å². The lowest BCUT2D eigenvalue weighted by atomic mass is 9.96. The van der Waals surface area contributed by atoms with Gasteiger partial charge < -0.3 is 14.6 Å². The first-order valence-electron chi connectivity index (χ1n) is 12.1. The van der Waals surface area contributed by atoms with Crippen molar-refractivity contribution in [2.45, 2.75) is 57.8 Å². The molecular formula is C27H27N5O2S2. The van der Waals surface area contributed by atoms with Gasteiger partial charge in [-0.1, -0.05) is 42.1 Å². The van der Waals surface area contributed by atoms with E-state index >= 15 is 0 Å². The Morgan fingerprint density at radius 3 is 2.89 bits per heavy atom. The highest BCUT2D eigenvalue weighted by atomic mass is 32.2. The van der Waals surface area contributed by atoms with Gasteiger partial charge in [0.1, 0.15) is 23.4 Å². The number of anilines is 1. The number of aryl methyl sites for hydroxylation is 2. The van der Waals surface area contributed by atoms with E-state index < -0.39 is 0 Å². The Hall–Kier alpha value is -3.35. The third-order valence-electron chi connectivity index (χ3n) is 6.48. The number of aromatic nitrogens is 3. The van der Waals surface area contributed by atoms with Gasteiger partial charge in [0.2, 0.25) is 5.91 Å². The van der Waals surface area contributed by atoms with Crippen LogP contribution in [0.15, 0.2) is 41.6 Å². The lowest BCUT2D eigenvalue weighted by molar-refractivity contribution is -0.113. The van der Waals surface area contributed by atoms with Crippen molar-refractivity contribution in [3.05, 3.63) is 63.8 Å². The molecular weight excluding hydrogens is 490 g/mol. The molecule has 0 spiro atoms. The molecule has 2 heterocycles. The number of thiophene rings is 1. The first kappa shape index (κ1) is 24.3. The number of fused-ring (bicyclic) bond motifs is 2. The Morgan fingerprint density at radius 2 is 2.06 bits per heavy atom. The molecule has 0 unspecified atom stereocenters. The summed E-state index contributed by atoms with van der Waals surface area (Å²) in [5.41, 5.74) is 2.84. The molecule has 5 rings (SSSR count). The summed E-state index contributed by atoms with van der Waals surface area (Å²) in [6, 6.07) is 14.6. The zero-order valence-corrected chi connectivity index (χ0v) is 22.0. The molecule has 1 aliphatic carbocycles. The molecule has 1 N–H and O–H groups in total. The Bertz CT molecular complexity index is 1470. The van der Waals surface area contributed by atoms with Crippen LogP contribution in [-0.2, 0) is 30.8 Å². The molecule has 0 aliphatic heterocycles. The predicted octanol–water partition coefficient (Wildman–Crippen LogP) is 5.88. The topological polar surface area (TPSA) is 92.8 Å². The van der Waals surface area contributed by atoms with Crippen LogP contribution in [0.4, 0.5) is 5.00 Å². The summed E-state index contributed by atoms with van der Waals surface area (Å²) in [5, 5.41) is 24.9. The third-order valence-corrected chi connectivity index (χ3v) is 8.66. The number of carbonyl (C=O) groups excluding carboxylic acids is 1. The molecule has 9 heteroatoms. The van der Waals surface area contributed by atoms with Gasteiger partial charge in [-0.05, 0) is 67.5 Å². The smallest absolute Gasteiger partial charge is 0.235 e. The molecule has 0 saturated heterocycles. The summed E-state index contributed by atoms with van der Waals surface area (Å²) in [6.07, 6.45) is 4.15. The summed E-state index contributed by atoms with van der Waals surface area (Å²) < 4.78 is 8.09. The normalized spacial score (nSPS) is 12.8. The number of hydrogen-bond acceptors (Lipinski definition) is 7. The molecule has 0 fully saturated rings. The number of nitriles is 1. The monoisotopic (exact) mass is 517 g/mol. The van der Waals surface area contributed by atoms with Crippen LogP contribution < -0.4 is 10.1 Å². The largest absolute Gasteiger partial charge is 0.485 e. The second-order valence-corrected chi connectivity index (χ2v) is 10.8. The molecule has 2 aromatic carbocycles. The zero-order chi connectivity index (χ0) is 25.1. The van der Waals surface area contributed by atoms with Crippen LogP contribution in [0.5, 0.6) is 5.75 Å². The number of rotatable bonds is 8. The Kier molecular flexibility index (Phi) is 7.25. The molecule has 184 valence electrons. The molecule has 1 amide bonds. The molecule has 7 nitrogen and oxygen atoms in total. The molecule has 0 saturated carbocycles. The highest BCUT2D eigenvalue weighted by Crippen LogP contribution is 2.37. The number of carbonyl (C=O) groups is 1. The fourth-order valence-corrected chi connectivity index (χ4v) is 6.70. The number of hydrogen-bond donors (Lipinski definition) is 1. The Morgan fingerprint density at radius 1 is 1.22 bits per heavy atom. The fraction of sp³-hybridized carbons (Fsp3) is 0.333. The van der Waals surface area contributed by atoms with Crippen molar-refractivity contribution in [2.24, 2.45) is 0 Å². The van der Waals surface area contributed by atoms with Crippen LogP contribution in [-0.4, -0.2) is 26.4 Å². The molecule has 4 aromatic rings. The van der Waals surface area contributed by atoms with Crippen molar-refractivity contribution in [1.29, 1.82) is 5.26 Å². The van der Waals surface area contributed by atoms with Gasteiger partial charge in [0, 0.05) is 11.4 Å². The highest BCUT2D eigenvalue weighted by molar-refractivity contribution is 7.99. The van der Waals surface area contributed by atoms with Crippen LogP contribution in [0.25, 0.3) is 10.8 Å². The van der Waals surface area contributed by atoms with Crippen LogP contribution in [0.1, 0.15) is 47.2 Å². The Labute approximate surface area is 218 Å². The first-order valence-corrected chi connectivity index (χ1v) is 13.9. The summed E-state index contributed by atoms with van der Waals surface area (Å²) in [4.78, 5) is 13.9. The lowest BCUT2D eigenvalue weighted by Crippen LogP contribution is -2.15. The highest BCUT2D eigenvalue weighted by Gasteiger charge is 2.22. The van der Waals surface area contributed by atoms with Gasteiger partial charge in [0.05, 0.1) is 11.3 Å². The average molecular weight is 518 g/mol. The molecule has 2 aromatic heterocycles. The number of ether oxygens (including phenoxy) is 1. The number of nitrogens with one attached hydrogen (secondary N) is 1. The van der Waals surface area contributed by atoms with Crippen molar-refractivity contribution in [2.75, 3.05) is 11.1 Å². The van der Waals surface area contributed by atoms with Crippen LogP contribution >= 0.6 is 23.1 Å². The number of amides is 1. The summed E-state index contributed by atoms with van der Waals surface area (Å²) in [5.74, 6) is 1.58. The van der Waals surface area contributed by atoms with Gasteiger partial charge in [-0.25, -0.2) is 0 Å². The number of benzene rings is 2. The molecule has 36 heavy (non-hydrogen) atoms. The van der Waals surface area contributed by atoms with Crippen LogP contribution in [0.2, 0.25) is 0 Å².